The van der Waals surface area contributed by atoms with E-state index in [0.29, 0.717) is 10.4 Å². The molecular formula is C24H22F6O4S. The van der Waals surface area contributed by atoms with E-state index < -0.39 is 41.3 Å². The molecule has 3 rings (SSSR count). The van der Waals surface area contributed by atoms with E-state index in [2.05, 4.69) is 0 Å². The van der Waals surface area contributed by atoms with Crippen molar-refractivity contribution in [2.75, 3.05) is 0 Å². The Bertz CT molecular complexity index is 1180. The second-order valence-electron chi connectivity index (χ2n) is 8.05. The summed E-state index contributed by atoms with van der Waals surface area (Å²) in [5, 5.41) is 30.7. The summed E-state index contributed by atoms with van der Waals surface area (Å²) in [6, 6.07) is 10.8. The monoisotopic (exact) mass is 520 g/mol. The lowest BCUT2D eigenvalue weighted by Crippen LogP contribution is -2.53. The molecule has 2 atom stereocenters. The summed E-state index contributed by atoms with van der Waals surface area (Å²) in [5.74, 6) is -11.2. The molecule has 3 aromatic rings. The Balaban J connectivity index is 2.28. The first kappa shape index (κ1) is 27.0. The fourth-order valence-corrected chi connectivity index (χ4v) is 4.68. The Morgan fingerprint density at radius 2 is 1.54 bits per heavy atom. The Hall–Kier alpha value is -2.60. The van der Waals surface area contributed by atoms with E-state index in [0.717, 1.165) is 30.4 Å². The van der Waals surface area contributed by atoms with Crippen LogP contribution in [0.3, 0.4) is 0 Å². The number of thiophene rings is 1. The van der Waals surface area contributed by atoms with Gasteiger partial charge in [-0.3, -0.25) is 0 Å². The number of hydrogen-bond donors (Lipinski definition) is 3. The molecular weight excluding hydrogens is 498 g/mol. The van der Waals surface area contributed by atoms with E-state index in [1.807, 2.05) is 0 Å². The molecule has 190 valence electrons. The van der Waals surface area contributed by atoms with Crippen LogP contribution in [0.4, 0.5) is 26.3 Å². The standard InChI is InChI=1S/C24H22F6O4S/c1-14-5-3-6-18(20(14)22(25,33)23(26,27)24(28,29)30)21(2,19-7-4-10-35-19)34-17-9-8-15(12-31)16(11-17)13-32/h3-11,31-33H,12-13H2,1-2H3. The molecule has 0 aliphatic rings. The predicted octanol–water partition coefficient (Wildman–Crippen LogP) is 5.70. The molecule has 0 saturated heterocycles. The molecule has 1 aromatic heterocycles. The minimum Gasteiger partial charge on any atom is -0.477 e. The van der Waals surface area contributed by atoms with Gasteiger partial charge in [0.2, 0.25) is 0 Å². The number of rotatable bonds is 8. The van der Waals surface area contributed by atoms with Crippen molar-refractivity contribution in [3.8, 4) is 5.75 Å². The quantitative estimate of drug-likeness (QED) is 0.334. The summed E-state index contributed by atoms with van der Waals surface area (Å²) in [7, 11) is 0. The van der Waals surface area contributed by atoms with Gasteiger partial charge in [-0.25, -0.2) is 0 Å². The van der Waals surface area contributed by atoms with Gasteiger partial charge in [0.15, 0.2) is 5.60 Å². The van der Waals surface area contributed by atoms with Crippen molar-refractivity contribution >= 4 is 11.3 Å². The van der Waals surface area contributed by atoms with E-state index in [4.69, 9.17) is 4.74 Å². The third-order valence-corrected chi connectivity index (χ3v) is 6.79. The van der Waals surface area contributed by atoms with Gasteiger partial charge >= 0.3 is 18.0 Å². The van der Waals surface area contributed by atoms with E-state index >= 15 is 4.39 Å². The summed E-state index contributed by atoms with van der Waals surface area (Å²) in [6.45, 7) is 1.59. The Morgan fingerprint density at radius 1 is 0.886 bits per heavy atom. The second-order valence-corrected chi connectivity index (χ2v) is 9.00. The number of aliphatic hydroxyl groups is 3. The second kappa shape index (κ2) is 9.45. The van der Waals surface area contributed by atoms with Crippen LogP contribution in [0.1, 0.15) is 39.6 Å². The first-order valence-corrected chi connectivity index (χ1v) is 11.1. The highest BCUT2D eigenvalue weighted by Gasteiger charge is 2.73. The third-order valence-electron chi connectivity index (χ3n) is 5.72. The molecule has 0 aliphatic carbocycles. The number of aryl methyl sites for hydroxylation is 1. The fraction of sp³-hybridized carbons (Fsp3) is 0.333. The highest BCUT2D eigenvalue weighted by atomic mass is 32.1. The van der Waals surface area contributed by atoms with Crippen LogP contribution >= 0.6 is 11.3 Å². The highest BCUT2D eigenvalue weighted by molar-refractivity contribution is 7.10. The molecule has 0 amide bonds. The minimum atomic E-state index is -6.38. The average Bonchev–Trinajstić information content (AvgIpc) is 3.33. The van der Waals surface area contributed by atoms with E-state index in [-0.39, 0.29) is 23.5 Å². The molecule has 0 spiro atoms. The zero-order chi connectivity index (χ0) is 26.2. The van der Waals surface area contributed by atoms with Crippen LogP contribution in [-0.2, 0) is 24.7 Å². The van der Waals surface area contributed by atoms with Gasteiger partial charge in [0.25, 0.3) is 0 Å². The summed E-state index contributed by atoms with van der Waals surface area (Å²) < 4.78 is 89.3. The topological polar surface area (TPSA) is 69.9 Å². The van der Waals surface area contributed by atoms with Gasteiger partial charge in [0.1, 0.15) is 5.75 Å². The smallest absolute Gasteiger partial charge is 0.459 e. The van der Waals surface area contributed by atoms with Gasteiger partial charge in [-0.2, -0.15) is 26.3 Å². The van der Waals surface area contributed by atoms with Crippen LogP contribution in [0.15, 0.2) is 53.9 Å². The van der Waals surface area contributed by atoms with Gasteiger partial charge in [0.05, 0.1) is 18.1 Å². The Labute approximate surface area is 201 Å². The van der Waals surface area contributed by atoms with E-state index in [1.165, 1.54) is 37.3 Å². The van der Waals surface area contributed by atoms with Crippen molar-refractivity contribution in [3.05, 3.63) is 86.6 Å². The third kappa shape index (κ3) is 4.65. The minimum absolute atomic E-state index is 0.0552. The van der Waals surface area contributed by atoms with E-state index in [9.17, 15) is 37.3 Å². The molecule has 35 heavy (non-hydrogen) atoms. The molecule has 0 aliphatic heterocycles. The highest BCUT2D eigenvalue weighted by Crippen LogP contribution is 2.53. The van der Waals surface area contributed by atoms with Gasteiger partial charge < -0.3 is 20.1 Å². The van der Waals surface area contributed by atoms with Crippen LogP contribution < -0.4 is 4.74 Å². The van der Waals surface area contributed by atoms with Crippen LogP contribution in [0, 0.1) is 6.92 Å². The normalized spacial score (nSPS) is 16.0. The lowest BCUT2D eigenvalue weighted by Gasteiger charge is -2.38. The zero-order valence-electron chi connectivity index (χ0n) is 18.5. The van der Waals surface area contributed by atoms with Crippen molar-refractivity contribution in [2.24, 2.45) is 0 Å². The number of hydrogen-bond acceptors (Lipinski definition) is 5. The predicted molar refractivity (Wildman–Crippen MR) is 117 cm³/mol. The molecule has 3 N–H and O–H groups in total. The maximum atomic E-state index is 15.3. The molecule has 0 fully saturated rings. The van der Waals surface area contributed by atoms with Crippen LogP contribution in [0.25, 0.3) is 0 Å². The Morgan fingerprint density at radius 3 is 2.09 bits per heavy atom. The van der Waals surface area contributed by atoms with Gasteiger partial charge in [-0.1, -0.05) is 30.3 Å². The van der Waals surface area contributed by atoms with Crippen LogP contribution in [-0.4, -0.2) is 27.4 Å². The number of halogens is 6. The SMILES string of the molecule is Cc1cccc(C(C)(Oc2ccc(CO)c(CO)c2)c2cccs2)c1C(O)(F)C(F)(F)C(F)(F)F. The summed E-state index contributed by atoms with van der Waals surface area (Å²) >= 11 is 1.07. The largest absolute Gasteiger partial charge is 0.477 e. The average molecular weight is 520 g/mol. The van der Waals surface area contributed by atoms with Crippen LogP contribution in [0.5, 0.6) is 5.75 Å². The van der Waals surface area contributed by atoms with Crippen molar-refractivity contribution in [1.82, 2.24) is 0 Å². The lowest BCUT2D eigenvalue weighted by molar-refractivity contribution is -0.379. The Kier molecular flexibility index (Phi) is 7.29. The van der Waals surface area contributed by atoms with Crippen molar-refractivity contribution in [1.29, 1.82) is 0 Å². The van der Waals surface area contributed by atoms with E-state index in [1.54, 1.807) is 11.4 Å². The molecule has 2 unspecified atom stereocenters. The number of ether oxygens (including phenoxy) is 1. The molecule has 0 bridgehead atoms. The van der Waals surface area contributed by atoms with Crippen molar-refractivity contribution < 1.29 is 46.4 Å². The zero-order valence-corrected chi connectivity index (χ0v) is 19.4. The molecule has 0 saturated carbocycles. The van der Waals surface area contributed by atoms with Gasteiger partial charge in [-0.05, 0) is 54.1 Å². The number of aliphatic hydroxyl groups excluding tert-OH is 2. The van der Waals surface area contributed by atoms with Gasteiger partial charge in [-0.15, -0.1) is 11.3 Å². The van der Waals surface area contributed by atoms with Crippen LogP contribution in [0.2, 0.25) is 0 Å². The molecule has 0 radical (unpaired) electrons. The molecule has 11 heteroatoms. The lowest BCUT2D eigenvalue weighted by atomic mass is 9.82. The maximum Gasteiger partial charge on any atom is 0.459 e. The van der Waals surface area contributed by atoms with Gasteiger partial charge in [0, 0.05) is 11.1 Å². The number of alkyl halides is 6. The summed E-state index contributed by atoms with van der Waals surface area (Å²) in [6.07, 6.45) is -6.38. The number of benzene rings is 2. The van der Waals surface area contributed by atoms with Crippen molar-refractivity contribution in [3.63, 3.8) is 0 Å². The first-order chi connectivity index (χ1) is 16.2. The molecule has 1 heterocycles. The molecule has 4 nitrogen and oxygen atoms in total. The summed E-state index contributed by atoms with van der Waals surface area (Å²) in [5.41, 5.74) is -3.25. The van der Waals surface area contributed by atoms with Crippen molar-refractivity contribution in [2.45, 2.75) is 50.6 Å². The first-order valence-electron chi connectivity index (χ1n) is 10.2. The fourth-order valence-electron chi connectivity index (χ4n) is 3.84. The maximum absolute atomic E-state index is 15.3. The summed E-state index contributed by atoms with van der Waals surface area (Å²) in [4.78, 5) is 0.312. The molecule has 2 aromatic carbocycles.